The molecule has 4 atom stereocenters. The monoisotopic (exact) mass is 303 g/mol. The molecule has 0 aliphatic rings. The van der Waals surface area contributed by atoms with Crippen molar-refractivity contribution < 1.29 is 25.2 Å². The van der Waals surface area contributed by atoms with E-state index in [1.807, 2.05) is 0 Å². The van der Waals surface area contributed by atoms with E-state index >= 15 is 0 Å². The zero-order chi connectivity index (χ0) is 14.1. The molecule has 0 heterocycles. The predicted octanol–water partition coefficient (Wildman–Crippen LogP) is -1.59. The SMILES string of the molecule is O=C[C@@H](O)[C@@H](O)[C@@H](O)[C@@H](O)CN(CCCl)CCCl. The van der Waals surface area contributed by atoms with Gasteiger partial charge in [0.05, 0.1) is 6.10 Å². The van der Waals surface area contributed by atoms with Gasteiger partial charge in [0, 0.05) is 31.4 Å². The molecule has 0 unspecified atom stereocenters. The third kappa shape index (κ3) is 6.29. The summed E-state index contributed by atoms with van der Waals surface area (Å²) < 4.78 is 0. The molecule has 4 N–H and O–H groups in total. The van der Waals surface area contributed by atoms with Crippen molar-refractivity contribution in [3.8, 4) is 0 Å². The van der Waals surface area contributed by atoms with Crippen molar-refractivity contribution in [2.45, 2.75) is 24.4 Å². The Morgan fingerprint density at radius 3 is 1.89 bits per heavy atom. The second-order valence-electron chi connectivity index (χ2n) is 3.85. The van der Waals surface area contributed by atoms with Crippen molar-refractivity contribution in [3.05, 3.63) is 0 Å². The Morgan fingerprint density at radius 1 is 1.00 bits per heavy atom. The van der Waals surface area contributed by atoms with E-state index in [4.69, 9.17) is 28.3 Å². The molecule has 18 heavy (non-hydrogen) atoms. The molecule has 6 nitrogen and oxygen atoms in total. The van der Waals surface area contributed by atoms with Crippen LogP contribution in [-0.2, 0) is 4.79 Å². The van der Waals surface area contributed by atoms with Gasteiger partial charge in [0.1, 0.15) is 18.3 Å². The quantitative estimate of drug-likeness (QED) is 0.287. The lowest BCUT2D eigenvalue weighted by Gasteiger charge is -2.29. The van der Waals surface area contributed by atoms with Crippen LogP contribution >= 0.6 is 23.2 Å². The highest BCUT2D eigenvalue weighted by Gasteiger charge is 2.30. The molecule has 0 radical (unpaired) electrons. The Labute approximate surface area is 116 Å². The first-order chi connectivity index (χ1) is 8.47. The van der Waals surface area contributed by atoms with Crippen LogP contribution < -0.4 is 0 Å². The largest absolute Gasteiger partial charge is 0.389 e. The van der Waals surface area contributed by atoms with E-state index in [1.54, 1.807) is 4.90 Å². The summed E-state index contributed by atoms with van der Waals surface area (Å²) in [5, 5.41) is 37.7. The van der Waals surface area contributed by atoms with E-state index in [9.17, 15) is 20.1 Å². The summed E-state index contributed by atoms with van der Waals surface area (Å²) in [6.45, 7) is 0.956. The summed E-state index contributed by atoms with van der Waals surface area (Å²) in [7, 11) is 0. The van der Waals surface area contributed by atoms with Crippen LogP contribution in [0, 0.1) is 0 Å². The zero-order valence-corrected chi connectivity index (χ0v) is 11.3. The van der Waals surface area contributed by atoms with Crippen molar-refractivity contribution >= 4 is 29.5 Å². The molecule has 8 heteroatoms. The van der Waals surface area contributed by atoms with Crippen LogP contribution in [0.5, 0.6) is 0 Å². The van der Waals surface area contributed by atoms with Gasteiger partial charge in [-0.1, -0.05) is 0 Å². The molecule has 0 aliphatic heterocycles. The third-order valence-corrected chi connectivity index (χ3v) is 2.82. The minimum Gasteiger partial charge on any atom is -0.389 e. The Kier molecular flexibility index (Phi) is 9.94. The van der Waals surface area contributed by atoms with Crippen molar-refractivity contribution in [3.63, 3.8) is 0 Å². The molecule has 0 saturated heterocycles. The lowest BCUT2D eigenvalue weighted by molar-refractivity contribution is -0.134. The molecular formula is C10H19Cl2NO5. The molecule has 0 amide bonds. The standard InChI is InChI=1S/C10H19Cl2NO5/c11-1-3-13(4-2-12)5-7(15)9(17)10(18)8(16)6-14/h6-10,15-18H,1-5H2/t7-,8+,9-,10+/m0/s1. The van der Waals surface area contributed by atoms with Gasteiger partial charge in [0.15, 0.2) is 6.29 Å². The number of aldehydes is 1. The maximum atomic E-state index is 10.3. The molecule has 0 aromatic carbocycles. The van der Waals surface area contributed by atoms with Crippen molar-refractivity contribution in [2.75, 3.05) is 31.4 Å². The van der Waals surface area contributed by atoms with Gasteiger partial charge >= 0.3 is 0 Å². The second kappa shape index (κ2) is 9.91. The van der Waals surface area contributed by atoms with Gasteiger partial charge in [-0.2, -0.15) is 0 Å². The fraction of sp³-hybridized carbons (Fsp3) is 0.900. The lowest BCUT2D eigenvalue weighted by atomic mass is 10.0. The number of nitrogens with zero attached hydrogens (tertiary/aromatic N) is 1. The molecule has 0 bridgehead atoms. The molecule has 108 valence electrons. The van der Waals surface area contributed by atoms with E-state index in [1.165, 1.54) is 0 Å². The fourth-order valence-corrected chi connectivity index (χ4v) is 1.89. The number of rotatable bonds is 10. The minimum atomic E-state index is -1.73. The van der Waals surface area contributed by atoms with E-state index in [-0.39, 0.29) is 12.8 Å². The van der Waals surface area contributed by atoms with Gasteiger partial charge in [-0.15, -0.1) is 23.2 Å². The first-order valence-electron chi connectivity index (χ1n) is 5.49. The molecule has 0 saturated carbocycles. The number of aliphatic hydroxyl groups excluding tert-OH is 4. The average molecular weight is 304 g/mol. The number of carbonyl (C=O) groups is 1. The van der Waals surface area contributed by atoms with Crippen LogP contribution in [0.25, 0.3) is 0 Å². The van der Waals surface area contributed by atoms with Gasteiger partial charge in [0.25, 0.3) is 0 Å². The summed E-state index contributed by atoms with van der Waals surface area (Å²) in [6, 6.07) is 0. The van der Waals surface area contributed by atoms with E-state index in [0.29, 0.717) is 24.8 Å². The maximum absolute atomic E-state index is 10.3. The van der Waals surface area contributed by atoms with E-state index < -0.39 is 24.4 Å². The van der Waals surface area contributed by atoms with Gasteiger partial charge in [-0.25, -0.2) is 0 Å². The average Bonchev–Trinajstić information content (AvgIpc) is 2.36. The molecule has 0 aliphatic carbocycles. The van der Waals surface area contributed by atoms with Gasteiger partial charge in [0.2, 0.25) is 0 Å². The minimum absolute atomic E-state index is 0.0310. The molecule has 0 aromatic heterocycles. The highest BCUT2D eigenvalue weighted by molar-refractivity contribution is 6.18. The lowest BCUT2D eigenvalue weighted by Crippen LogP contribution is -2.49. The molecule has 0 rings (SSSR count). The summed E-state index contributed by atoms with van der Waals surface area (Å²) in [5.41, 5.74) is 0. The third-order valence-electron chi connectivity index (χ3n) is 2.48. The van der Waals surface area contributed by atoms with Crippen molar-refractivity contribution in [1.29, 1.82) is 0 Å². The first kappa shape index (κ1) is 18.0. The normalized spacial score (nSPS) is 18.4. The summed E-state index contributed by atoms with van der Waals surface area (Å²) >= 11 is 11.1. The second-order valence-corrected chi connectivity index (χ2v) is 4.61. The van der Waals surface area contributed by atoms with Crippen LogP contribution in [-0.4, -0.2) is 87.4 Å². The number of alkyl halides is 2. The van der Waals surface area contributed by atoms with Crippen LogP contribution in [0.1, 0.15) is 0 Å². The topological polar surface area (TPSA) is 101 Å². The Balaban J connectivity index is 4.34. The Morgan fingerprint density at radius 2 is 1.50 bits per heavy atom. The van der Waals surface area contributed by atoms with Crippen LogP contribution in [0.4, 0.5) is 0 Å². The zero-order valence-electron chi connectivity index (χ0n) is 9.82. The number of hydrogen-bond acceptors (Lipinski definition) is 6. The highest BCUT2D eigenvalue weighted by atomic mass is 35.5. The first-order valence-corrected chi connectivity index (χ1v) is 6.56. The van der Waals surface area contributed by atoms with Gasteiger partial charge < -0.3 is 25.2 Å². The number of carbonyl (C=O) groups excluding carboxylic acids is 1. The molecular weight excluding hydrogens is 285 g/mol. The predicted molar refractivity (Wildman–Crippen MR) is 68.0 cm³/mol. The van der Waals surface area contributed by atoms with Gasteiger partial charge in [-0.05, 0) is 0 Å². The van der Waals surface area contributed by atoms with Crippen molar-refractivity contribution in [1.82, 2.24) is 4.90 Å². The Bertz CT molecular complexity index is 228. The number of aliphatic hydroxyl groups is 4. The molecule has 0 spiro atoms. The number of halogens is 2. The highest BCUT2D eigenvalue weighted by Crippen LogP contribution is 2.06. The Hall–Kier alpha value is 0.0500. The molecule has 0 aromatic rings. The smallest absolute Gasteiger partial charge is 0.151 e. The summed E-state index contributed by atoms with van der Waals surface area (Å²) in [6.07, 6.45) is -6.31. The fourth-order valence-electron chi connectivity index (χ4n) is 1.42. The van der Waals surface area contributed by atoms with Crippen LogP contribution in [0.15, 0.2) is 0 Å². The summed E-state index contributed by atoms with van der Waals surface area (Å²) in [5.74, 6) is 0.665. The van der Waals surface area contributed by atoms with E-state index in [2.05, 4.69) is 0 Å². The van der Waals surface area contributed by atoms with Gasteiger partial charge in [-0.3, -0.25) is 4.90 Å². The van der Waals surface area contributed by atoms with E-state index in [0.717, 1.165) is 0 Å². The maximum Gasteiger partial charge on any atom is 0.151 e. The molecule has 0 fully saturated rings. The van der Waals surface area contributed by atoms with Crippen LogP contribution in [0.2, 0.25) is 0 Å². The van der Waals surface area contributed by atoms with Crippen molar-refractivity contribution in [2.24, 2.45) is 0 Å². The van der Waals surface area contributed by atoms with Crippen LogP contribution in [0.3, 0.4) is 0 Å². The summed E-state index contributed by atoms with van der Waals surface area (Å²) in [4.78, 5) is 12.0. The number of hydrogen-bond donors (Lipinski definition) is 4.